The van der Waals surface area contributed by atoms with Crippen LogP contribution < -0.4 is 5.32 Å². The number of aliphatic hydroxyl groups is 5. The first-order valence-electron chi connectivity index (χ1n) is 20.0. The minimum atomic E-state index is -5.09. The summed E-state index contributed by atoms with van der Waals surface area (Å²) in [5.74, 6) is -0.675. The molecule has 0 aromatic carbocycles. The largest absolute Gasteiger partial charge is 0.397 e. The van der Waals surface area contributed by atoms with Gasteiger partial charge in [0.2, 0.25) is 5.91 Å². The topological polar surface area (TPSA) is 212 Å². The summed E-state index contributed by atoms with van der Waals surface area (Å²) in [5, 5.41) is 54.7. The van der Waals surface area contributed by atoms with Crippen LogP contribution in [0.5, 0.6) is 0 Å². The number of hydrogen-bond acceptors (Lipinski definition) is 11. The van der Waals surface area contributed by atoms with E-state index in [1.54, 1.807) is 0 Å². The highest BCUT2D eigenvalue weighted by Gasteiger charge is 2.48. The zero-order valence-corrected chi connectivity index (χ0v) is 32.4. The Balaban J connectivity index is 2.47. The standard InChI is InChI=1S/C37H73NO12S/c1-3-5-7-9-10-11-12-13-14-15-16-17-18-19-20-22-24-26-31(41)36(44)38-29(30(40)25-23-21-8-6-4-2)28-48-37-34(43)35(50-51(45,46)47)33(42)32(27-39)49-37/h29-35,37,39-43H,3-28H2,1-2H3,(H,38,44)(H,45,46,47). The van der Waals surface area contributed by atoms with Gasteiger partial charge in [-0.2, -0.15) is 8.42 Å². The maximum Gasteiger partial charge on any atom is 0.397 e. The van der Waals surface area contributed by atoms with Gasteiger partial charge in [0.1, 0.15) is 30.5 Å². The summed E-state index contributed by atoms with van der Waals surface area (Å²) in [6.45, 7) is 3.14. The van der Waals surface area contributed by atoms with E-state index in [0.29, 0.717) is 19.3 Å². The quantitative estimate of drug-likeness (QED) is 0.0339. The number of hydrogen-bond donors (Lipinski definition) is 7. The predicted molar refractivity (Wildman–Crippen MR) is 196 cm³/mol. The van der Waals surface area contributed by atoms with Crippen molar-refractivity contribution in [1.82, 2.24) is 5.32 Å². The lowest BCUT2D eigenvalue weighted by Crippen LogP contribution is -2.61. The van der Waals surface area contributed by atoms with Gasteiger partial charge in [0.25, 0.3) is 0 Å². The molecule has 0 aromatic rings. The van der Waals surface area contributed by atoms with Crippen molar-refractivity contribution in [2.45, 2.75) is 217 Å². The third-order valence-corrected chi connectivity index (χ3v) is 10.2. The summed E-state index contributed by atoms with van der Waals surface area (Å²) in [6, 6.07) is -1.02. The fraction of sp³-hybridized carbons (Fsp3) is 0.973. The minimum Gasteiger partial charge on any atom is -0.394 e. The number of carbonyl (C=O) groups excluding carboxylic acids is 1. The highest BCUT2D eigenvalue weighted by Crippen LogP contribution is 2.26. The Bertz CT molecular complexity index is 958. The smallest absolute Gasteiger partial charge is 0.394 e. The van der Waals surface area contributed by atoms with Gasteiger partial charge in [-0.3, -0.25) is 9.35 Å². The Morgan fingerprint density at radius 1 is 0.706 bits per heavy atom. The van der Waals surface area contributed by atoms with E-state index in [4.69, 9.17) is 14.0 Å². The number of nitrogens with one attached hydrogen (secondary N) is 1. The normalized spacial score (nSPS) is 22.9. The van der Waals surface area contributed by atoms with Crippen LogP contribution in [0.2, 0.25) is 0 Å². The molecule has 0 spiro atoms. The number of amides is 1. The van der Waals surface area contributed by atoms with Crippen molar-refractivity contribution < 1.29 is 57.0 Å². The summed E-state index contributed by atoms with van der Waals surface area (Å²) in [5.41, 5.74) is 0. The Kier molecular flexibility index (Phi) is 27.7. The molecule has 1 amide bonds. The van der Waals surface area contributed by atoms with Crippen LogP contribution in [0, 0.1) is 0 Å². The maximum absolute atomic E-state index is 13.0. The fourth-order valence-corrected chi connectivity index (χ4v) is 7.03. The van der Waals surface area contributed by atoms with E-state index in [1.807, 2.05) is 0 Å². The molecule has 7 N–H and O–H groups in total. The highest BCUT2D eigenvalue weighted by molar-refractivity contribution is 7.80. The van der Waals surface area contributed by atoms with E-state index >= 15 is 0 Å². The van der Waals surface area contributed by atoms with Crippen molar-refractivity contribution in [1.29, 1.82) is 0 Å². The molecule has 0 radical (unpaired) electrons. The van der Waals surface area contributed by atoms with Crippen LogP contribution in [-0.2, 0) is 28.9 Å². The molecule has 8 atom stereocenters. The van der Waals surface area contributed by atoms with E-state index in [-0.39, 0.29) is 6.42 Å². The SMILES string of the molecule is CCCCCCCCCCCCCCCCCCCC(O)C(=O)NC(COC1OC(CO)C(O)C(OS(=O)(=O)O)C1O)C(O)CCCCCCC. The Morgan fingerprint density at radius 3 is 1.57 bits per heavy atom. The number of rotatable bonds is 33. The van der Waals surface area contributed by atoms with Crippen LogP contribution in [-0.4, -0.2) is 107 Å². The predicted octanol–water partition coefficient (Wildman–Crippen LogP) is 5.24. The summed E-state index contributed by atoms with van der Waals surface area (Å²) in [7, 11) is -5.09. The molecule has 0 aromatic heterocycles. The second-order valence-corrected chi connectivity index (χ2v) is 15.4. The molecule has 1 rings (SSSR count). The van der Waals surface area contributed by atoms with Crippen LogP contribution in [0.3, 0.4) is 0 Å². The van der Waals surface area contributed by atoms with E-state index in [9.17, 15) is 38.7 Å². The number of ether oxygens (including phenoxy) is 2. The fourth-order valence-electron chi connectivity index (χ4n) is 6.52. The molecular formula is C37H73NO12S. The molecular weight excluding hydrogens is 682 g/mol. The van der Waals surface area contributed by atoms with Gasteiger partial charge in [-0.1, -0.05) is 155 Å². The molecule has 13 nitrogen and oxygen atoms in total. The van der Waals surface area contributed by atoms with Crippen molar-refractivity contribution in [2.75, 3.05) is 13.2 Å². The maximum atomic E-state index is 13.0. The second-order valence-electron chi connectivity index (χ2n) is 14.4. The summed E-state index contributed by atoms with van der Waals surface area (Å²) >= 11 is 0. The molecule has 0 bridgehead atoms. The van der Waals surface area contributed by atoms with Gasteiger partial charge < -0.3 is 40.3 Å². The van der Waals surface area contributed by atoms with E-state index < -0.39 is 78.5 Å². The van der Waals surface area contributed by atoms with Crippen LogP contribution in [0.15, 0.2) is 0 Å². The van der Waals surface area contributed by atoms with Gasteiger partial charge in [0.05, 0.1) is 25.4 Å². The van der Waals surface area contributed by atoms with Gasteiger partial charge >= 0.3 is 10.4 Å². The first-order chi connectivity index (χ1) is 24.4. The average Bonchev–Trinajstić information content (AvgIpc) is 3.09. The van der Waals surface area contributed by atoms with Gasteiger partial charge in [-0.15, -0.1) is 0 Å². The Labute approximate surface area is 308 Å². The summed E-state index contributed by atoms with van der Waals surface area (Å²) < 4.78 is 47.1. The van der Waals surface area contributed by atoms with E-state index in [1.165, 1.54) is 83.5 Å². The lowest BCUT2D eigenvalue weighted by Gasteiger charge is -2.41. The van der Waals surface area contributed by atoms with Gasteiger partial charge in [0.15, 0.2) is 6.29 Å². The summed E-state index contributed by atoms with van der Waals surface area (Å²) in [6.07, 6.45) is 15.1. The molecule has 1 heterocycles. The van der Waals surface area contributed by atoms with Crippen LogP contribution >= 0.6 is 0 Å². The zero-order valence-electron chi connectivity index (χ0n) is 31.5. The molecule has 1 saturated heterocycles. The lowest BCUT2D eigenvalue weighted by atomic mass is 9.99. The van der Waals surface area contributed by atoms with E-state index in [2.05, 4.69) is 23.3 Å². The van der Waals surface area contributed by atoms with Gasteiger partial charge in [-0.25, -0.2) is 4.18 Å². The zero-order chi connectivity index (χ0) is 37.9. The monoisotopic (exact) mass is 755 g/mol. The number of aliphatic hydroxyl groups excluding tert-OH is 5. The van der Waals surface area contributed by atoms with Crippen molar-refractivity contribution in [3.05, 3.63) is 0 Å². The van der Waals surface area contributed by atoms with Crippen molar-refractivity contribution in [3.63, 3.8) is 0 Å². The average molecular weight is 756 g/mol. The second kappa shape index (κ2) is 29.4. The van der Waals surface area contributed by atoms with Crippen LogP contribution in [0.25, 0.3) is 0 Å². The number of carbonyl (C=O) groups is 1. The van der Waals surface area contributed by atoms with Crippen molar-refractivity contribution in [3.8, 4) is 0 Å². The molecule has 8 unspecified atom stereocenters. The number of unbranched alkanes of at least 4 members (excludes halogenated alkanes) is 20. The van der Waals surface area contributed by atoms with Crippen molar-refractivity contribution in [2.24, 2.45) is 0 Å². The van der Waals surface area contributed by atoms with Gasteiger partial charge in [0, 0.05) is 0 Å². The molecule has 14 heteroatoms. The molecule has 1 aliphatic rings. The minimum absolute atomic E-state index is 0.264. The lowest BCUT2D eigenvalue weighted by molar-refractivity contribution is -0.298. The van der Waals surface area contributed by atoms with Crippen molar-refractivity contribution >= 4 is 16.3 Å². The highest BCUT2D eigenvalue weighted by atomic mass is 32.3. The molecule has 304 valence electrons. The molecule has 51 heavy (non-hydrogen) atoms. The van der Waals surface area contributed by atoms with E-state index in [0.717, 1.165) is 44.9 Å². The first kappa shape index (κ1) is 48.1. The molecule has 1 aliphatic heterocycles. The van der Waals surface area contributed by atoms with Gasteiger partial charge in [-0.05, 0) is 12.8 Å². The molecule has 0 saturated carbocycles. The third kappa shape index (κ3) is 22.8. The first-order valence-corrected chi connectivity index (χ1v) is 21.4. The molecule has 0 aliphatic carbocycles. The molecule has 1 fully saturated rings. The van der Waals surface area contributed by atoms with Crippen LogP contribution in [0.1, 0.15) is 168 Å². The Morgan fingerprint density at radius 2 is 1.14 bits per heavy atom. The summed E-state index contributed by atoms with van der Waals surface area (Å²) in [4.78, 5) is 13.0. The third-order valence-electron chi connectivity index (χ3n) is 9.77. The Hall–Kier alpha value is -0.940. The van der Waals surface area contributed by atoms with Crippen LogP contribution in [0.4, 0.5) is 0 Å².